The molecule has 1 aliphatic rings. The first-order valence-electron chi connectivity index (χ1n) is 11.1. The van der Waals surface area contributed by atoms with E-state index in [1.165, 1.54) is 29.7 Å². The van der Waals surface area contributed by atoms with E-state index in [1.807, 2.05) is 36.4 Å². The van der Waals surface area contributed by atoms with Gasteiger partial charge in [0.2, 0.25) is 0 Å². The molecule has 164 valence electrons. The highest BCUT2D eigenvalue weighted by atomic mass is 32.2. The van der Waals surface area contributed by atoms with Crippen LogP contribution in [-0.4, -0.2) is 28.9 Å². The summed E-state index contributed by atoms with van der Waals surface area (Å²) in [4.78, 5) is 21.6. The van der Waals surface area contributed by atoms with Crippen LogP contribution in [-0.2, 0) is 6.54 Å². The fraction of sp³-hybridized carbons (Fsp3) is 0.259. The Hall–Kier alpha value is -3.05. The van der Waals surface area contributed by atoms with E-state index in [2.05, 4.69) is 53.0 Å². The number of aryl methyl sites for hydroxylation is 1. The van der Waals surface area contributed by atoms with E-state index in [1.54, 1.807) is 18.0 Å². The SMILES string of the molecule is C=C(c1ccccc1Sc1ccc(C(=O)NCc2ccccn2)cc1C)N1CCCCC1. The van der Waals surface area contributed by atoms with Gasteiger partial charge in [-0.15, -0.1) is 0 Å². The average molecular weight is 444 g/mol. The zero-order valence-electron chi connectivity index (χ0n) is 18.5. The lowest BCUT2D eigenvalue weighted by atomic mass is 10.1. The first kappa shape index (κ1) is 22.2. The number of benzene rings is 2. The highest BCUT2D eigenvalue weighted by Gasteiger charge is 2.17. The molecule has 0 atom stereocenters. The second-order valence-corrected chi connectivity index (χ2v) is 9.16. The molecule has 5 heteroatoms. The first-order valence-corrected chi connectivity index (χ1v) is 11.9. The molecule has 1 aromatic heterocycles. The second-order valence-electron chi connectivity index (χ2n) is 8.08. The van der Waals surface area contributed by atoms with E-state index in [4.69, 9.17) is 0 Å². The Bertz CT molecular complexity index is 1090. The fourth-order valence-electron chi connectivity index (χ4n) is 3.93. The number of rotatable bonds is 7. The number of piperidine rings is 1. The zero-order chi connectivity index (χ0) is 22.3. The van der Waals surface area contributed by atoms with Gasteiger partial charge in [-0.2, -0.15) is 0 Å². The van der Waals surface area contributed by atoms with E-state index < -0.39 is 0 Å². The highest BCUT2D eigenvalue weighted by molar-refractivity contribution is 7.99. The summed E-state index contributed by atoms with van der Waals surface area (Å²) in [6.45, 7) is 9.05. The van der Waals surface area contributed by atoms with Crippen LogP contribution < -0.4 is 5.32 Å². The predicted molar refractivity (Wildman–Crippen MR) is 132 cm³/mol. The highest BCUT2D eigenvalue weighted by Crippen LogP contribution is 2.36. The monoisotopic (exact) mass is 443 g/mol. The summed E-state index contributed by atoms with van der Waals surface area (Å²) in [7, 11) is 0. The molecular weight excluding hydrogens is 414 g/mol. The summed E-state index contributed by atoms with van der Waals surface area (Å²) in [6, 6.07) is 20.0. The normalized spacial score (nSPS) is 13.6. The number of pyridine rings is 1. The van der Waals surface area contributed by atoms with Crippen LogP contribution in [0, 0.1) is 6.92 Å². The summed E-state index contributed by atoms with van der Waals surface area (Å²) < 4.78 is 0. The number of nitrogens with zero attached hydrogens (tertiary/aromatic N) is 2. The molecule has 1 aliphatic heterocycles. The molecule has 32 heavy (non-hydrogen) atoms. The fourth-order valence-corrected chi connectivity index (χ4v) is 4.96. The molecule has 2 aromatic carbocycles. The Morgan fingerprint density at radius 3 is 2.56 bits per heavy atom. The Morgan fingerprint density at radius 1 is 1.03 bits per heavy atom. The minimum absolute atomic E-state index is 0.0887. The molecule has 3 aromatic rings. The third-order valence-corrected chi connectivity index (χ3v) is 7.00. The maximum atomic E-state index is 12.6. The van der Waals surface area contributed by atoms with Crippen molar-refractivity contribution in [2.45, 2.75) is 42.5 Å². The quantitative estimate of drug-likeness (QED) is 0.492. The lowest BCUT2D eigenvalue weighted by Crippen LogP contribution is -2.27. The summed E-state index contributed by atoms with van der Waals surface area (Å²) in [5.41, 5.74) is 4.88. The predicted octanol–water partition coefficient (Wildman–Crippen LogP) is 5.93. The van der Waals surface area contributed by atoms with Crippen LogP contribution in [0.25, 0.3) is 5.70 Å². The Labute approximate surface area is 194 Å². The summed E-state index contributed by atoms with van der Waals surface area (Å²) in [6.07, 6.45) is 5.51. The molecule has 0 aliphatic carbocycles. The number of carbonyl (C=O) groups excluding carboxylic acids is 1. The molecule has 4 nitrogen and oxygen atoms in total. The van der Waals surface area contributed by atoms with Crippen LogP contribution in [0.2, 0.25) is 0 Å². The van der Waals surface area contributed by atoms with Crippen LogP contribution in [0.5, 0.6) is 0 Å². The average Bonchev–Trinajstić information content (AvgIpc) is 2.85. The minimum Gasteiger partial charge on any atom is -0.371 e. The largest absolute Gasteiger partial charge is 0.371 e. The van der Waals surface area contributed by atoms with Crippen LogP contribution in [0.15, 0.2) is 83.2 Å². The number of hydrogen-bond acceptors (Lipinski definition) is 4. The Morgan fingerprint density at radius 2 is 1.81 bits per heavy atom. The minimum atomic E-state index is -0.0887. The van der Waals surface area contributed by atoms with Gasteiger partial charge in [-0.05, 0) is 68.1 Å². The smallest absolute Gasteiger partial charge is 0.251 e. The van der Waals surface area contributed by atoms with E-state index >= 15 is 0 Å². The maximum Gasteiger partial charge on any atom is 0.251 e. The van der Waals surface area contributed by atoms with Gasteiger partial charge in [0.1, 0.15) is 0 Å². The molecule has 1 saturated heterocycles. The molecule has 0 spiro atoms. The molecule has 2 heterocycles. The molecule has 1 amide bonds. The topological polar surface area (TPSA) is 45.2 Å². The maximum absolute atomic E-state index is 12.6. The third-order valence-electron chi connectivity index (χ3n) is 5.75. The second kappa shape index (κ2) is 10.5. The molecule has 4 rings (SSSR count). The summed E-state index contributed by atoms with van der Waals surface area (Å²) in [5, 5.41) is 2.95. The third kappa shape index (κ3) is 5.40. The van der Waals surface area contributed by atoms with Crippen molar-refractivity contribution >= 4 is 23.4 Å². The molecular formula is C27H29N3OS. The lowest BCUT2D eigenvalue weighted by molar-refractivity contribution is 0.0950. The summed E-state index contributed by atoms with van der Waals surface area (Å²) >= 11 is 1.73. The summed E-state index contributed by atoms with van der Waals surface area (Å²) in [5.74, 6) is -0.0887. The van der Waals surface area contributed by atoms with Crippen molar-refractivity contribution in [2.24, 2.45) is 0 Å². The molecule has 0 unspecified atom stereocenters. The molecule has 0 radical (unpaired) electrons. The number of hydrogen-bond donors (Lipinski definition) is 1. The van der Waals surface area contributed by atoms with Gasteiger partial charge in [-0.1, -0.05) is 42.6 Å². The van der Waals surface area contributed by atoms with Gasteiger partial charge in [0, 0.05) is 45.9 Å². The van der Waals surface area contributed by atoms with Gasteiger partial charge < -0.3 is 10.2 Å². The van der Waals surface area contributed by atoms with Crippen molar-refractivity contribution in [1.29, 1.82) is 0 Å². The van der Waals surface area contributed by atoms with Crippen molar-refractivity contribution in [2.75, 3.05) is 13.1 Å². The van der Waals surface area contributed by atoms with E-state index in [0.717, 1.165) is 34.9 Å². The van der Waals surface area contributed by atoms with Gasteiger partial charge in [0.15, 0.2) is 0 Å². The van der Waals surface area contributed by atoms with E-state index in [9.17, 15) is 4.79 Å². The van der Waals surface area contributed by atoms with Crippen LogP contribution >= 0.6 is 11.8 Å². The van der Waals surface area contributed by atoms with Crippen molar-refractivity contribution in [3.63, 3.8) is 0 Å². The van der Waals surface area contributed by atoms with Gasteiger partial charge in [0.25, 0.3) is 5.91 Å². The van der Waals surface area contributed by atoms with Crippen LogP contribution in [0.1, 0.15) is 46.4 Å². The van der Waals surface area contributed by atoms with Gasteiger partial charge in [-0.25, -0.2) is 0 Å². The van der Waals surface area contributed by atoms with Crippen molar-refractivity contribution in [3.05, 3.63) is 95.8 Å². The Kier molecular flexibility index (Phi) is 7.28. The van der Waals surface area contributed by atoms with Crippen molar-refractivity contribution < 1.29 is 4.79 Å². The van der Waals surface area contributed by atoms with Crippen molar-refractivity contribution in [3.8, 4) is 0 Å². The number of nitrogens with one attached hydrogen (secondary N) is 1. The number of aromatic nitrogens is 1. The number of carbonyl (C=O) groups is 1. The molecule has 0 saturated carbocycles. The Balaban J connectivity index is 1.46. The first-order chi connectivity index (χ1) is 15.6. The zero-order valence-corrected chi connectivity index (χ0v) is 19.3. The van der Waals surface area contributed by atoms with Gasteiger partial charge >= 0.3 is 0 Å². The standard InChI is InChI=1S/C27H29N3OS/c1-20-18-22(27(31)29-19-23-10-6-7-15-28-23)13-14-25(20)32-26-12-5-4-11-24(26)21(2)30-16-8-3-9-17-30/h4-7,10-15,18H,2-3,8-9,16-17,19H2,1H3,(H,29,31). The molecule has 1 fully saturated rings. The van der Waals surface area contributed by atoms with Crippen LogP contribution in [0.4, 0.5) is 0 Å². The van der Waals surface area contributed by atoms with Gasteiger partial charge in [-0.3, -0.25) is 9.78 Å². The molecule has 0 bridgehead atoms. The van der Waals surface area contributed by atoms with Crippen molar-refractivity contribution in [1.82, 2.24) is 15.2 Å². The lowest BCUT2D eigenvalue weighted by Gasteiger charge is -2.31. The van der Waals surface area contributed by atoms with E-state index in [-0.39, 0.29) is 5.91 Å². The van der Waals surface area contributed by atoms with E-state index in [0.29, 0.717) is 12.1 Å². The van der Waals surface area contributed by atoms with Gasteiger partial charge in [0.05, 0.1) is 12.2 Å². The molecule has 1 N–H and O–H groups in total. The number of likely N-dealkylation sites (tertiary alicyclic amines) is 1. The number of amides is 1. The van der Waals surface area contributed by atoms with Crippen LogP contribution in [0.3, 0.4) is 0 Å².